The van der Waals surface area contributed by atoms with Gasteiger partial charge in [-0.1, -0.05) is 0 Å². The molecule has 1 aliphatic heterocycles. The molecule has 0 radical (unpaired) electrons. The van der Waals surface area contributed by atoms with Crippen molar-refractivity contribution in [2.45, 2.75) is 19.4 Å². The van der Waals surface area contributed by atoms with Crippen LogP contribution in [0.25, 0.3) is 0 Å². The van der Waals surface area contributed by atoms with Crippen LogP contribution in [0.4, 0.5) is 0 Å². The van der Waals surface area contributed by atoms with E-state index in [1.54, 1.807) is 12.5 Å². The average Bonchev–Trinajstić information content (AvgIpc) is 2.31. The van der Waals surface area contributed by atoms with Crippen LogP contribution in [0.5, 0.6) is 0 Å². The van der Waals surface area contributed by atoms with Crippen molar-refractivity contribution in [3.8, 4) is 0 Å². The van der Waals surface area contributed by atoms with Gasteiger partial charge >= 0.3 is 0 Å². The van der Waals surface area contributed by atoms with E-state index in [2.05, 4.69) is 14.9 Å². The molecule has 0 saturated carbocycles. The zero-order valence-electron chi connectivity index (χ0n) is 8.84. The van der Waals surface area contributed by atoms with Crippen molar-refractivity contribution in [1.82, 2.24) is 14.9 Å². The number of likely N-dealkylation sites (tertiary alicyclic amines) is 1. The van der Waals surface area contributed by atoms with E-state index in [4.69, 9.17) is 5.11 Å². The summed E-state index contributed by atoms with van der Waals surface area (Å²) in [5.41, 5.74) is 1.08. The van der Waals surface area contributed by atoms with E-state index in [1.807, 2.05) is 6.07 Å². The molecule has 2 heterocycles. The molecule has 1 aromatic heterocycles. The van der Waals surface area contributed by atoms with E-state index in [0.29, 0.717) is 12.5 Å². The molecule has 2 rings (SSSR count). The maximum Gasteiger partial charge on any atom is 0.115 e. The lowest BCUT2D eigenvalue weighted by Crippen LogP contribution is -2.34. The number of piperidine rings is 1. The van der Waals surface area contributed by atoms with E-state index >= 15 is 0 Å². The molecular weight excluding hydrogens is 190 g/mol. The summed E-state index contributed by atoms with van der Waals surface area (Å²) in [7, 11) is 0. The van der Waals surface area contributed by atoms with E-state index < -0.39 is 0 Å². The second-order valence-electron chi connectivity index (χ2n) is 4.10. The molecule has 0 amide bonds. The second kappa shape index (κ2) is 5.19. The molecule has 4 heteroatoms. The number of rotatable bonds is 3. The Hall–Kier alpha value is -1.00. The quantitative estimate of drug-likeness (QED) is 0.792. The minimum Gasteiger partial charge on any atom is -0.396 e. The molecule has 82 valence electrons. The maximum atomic E-state index is 9.03. The third kappa shape index (κ3) is 2.97. The van der Waals surface area contributed by atoms with Gasteiger partial charge in [0, 0.05) is 19.3 Å². The van der Waals surface area contributed by atoms with E-state index in [-0.39, 0.29) is 0 Å². The van der Waals surface area contributed by atoms with Gasteiger partial charge in [-0.2, -0.15) is 0 Å². The number of aromatic nitrogens is 2. The summed E-state index contributed by atoms with van der Waals surface area (Å²) in [5, 5.41) is 9.03. The lowest BCUT2D eigenvalue weighted by atomic mass is 9.98. The van der Waals surface area contributed by atoms with Crippen molar-refractivity contribution in [1.29, 1.82) is 0 Å². The molecule has 0 unspecified atom stereocenters. The zero-order chi connectivity index (χ0) is 10.5. The van der Waals surface area contributed by atoms with Crippen LogP contribution in [0, 0.1) is 5.92 Å². The molecule has 0 bridgehead atoms. The first-order chi connectivity index (χ1) is 7.38. The van der Waals surface area contributed by atoms with Crippen LogP contribution in [-0.2, 0) is 6.54 Å². The summed E-state index contributed by atoms with van der Waals surface area (Å²) < 4.78 is 0. The smallest absolute Gasteiger partial charge is 0.115 e. The van der Waals surface area contributed by atoms with Crippen molar-refractivity contribution in [3.63, 3.8) is 0 Å². The molecule has 1 fully saturated rings. The third-order valence-corrected chi connectivity index (χ3v) is 2.99. The van der Waals surface area contributed by atoms with Gasteiger partial charge in [-0.25, -0.2) is 9.97 Å². The van der Waals surface area contributed by atoms with Crippen molar-refractivity contribution in [2.75, 3.05) is 19.7 Å². The Kier molecular flexibility index (Phi) is 3.64. The molecule has 0 spiro atoms. The normalized spacial score (nSPS) is 19.3. The van der Waals surface area contributed by atoms with Crippen molar-refractivity contribution in [3.05, 3.63) is 24.3 Å². The molecular formula is C11H17N3O. The first kappa shape index (κ1) is 10.5. The van der Waals surface area contributed by atoms with Crippen LogP contribution in [0.1, 0.15) is 18.5 Å². The number of nitrogens with zero attached hydrogens (tertiary/aromatic N) is 3. The largest absolute Gasteiger partial charge is 0.396 e. The number of aliphatic hydroxyl groups is 1. The Morgan fingerprint density at radius 3 is 2.80 bits per heavy atom. The molecule has 0 aromatic carbocycles. The second-order valence-corrected chi connectivity index (χ2v) is 4.10. The van der Waals surface area contributed by atoms with Crippen molar-refractivity contribution >= 4 is 0 Å². The van der Waals surface area contributed by atoms with Gasteiger partial charge in [-0.05, 0) is 37.9 Å². The van der Waals surface area contributed by atoms with Gasteiger partial charge in [0.1, 0.15) is 6.33 Å². The Morgan fingerprint density at radius 2 is 2.20 bits per heavy atom. The van der Waals surface area contributed by atoms with Crippen molar-refractivity contribution in [2.24, 2.45) is 5.92 Å². The summed E-state index contributed by atoms with van der Waals surface area (Å²) in [4.78, 5) is 10.5. The Bertz CT molecular complexity index is 283. The number of hydrogen-bond donors (Lipinski definition) is 1. The fourth-order valence-electron chi connectivity index (χ4n) is 1.97. The summed E-state index contributed by atoms with van der Waals surface area (Å²) >= 11 is 0. The van der Waals surface area contributed by atoms with Crippen molar-refractivity contribution < 1.29 is 5.11 Å². The maximum absolute atomic E-state index is 9.03. The highest BCUT2D eigenvalue weighted by Crippen LogP contribution is 2.17. The molecule has 1 aromatic rings. The summed E-state index contributed by atoms with van der Waals surface area (Å²) in [6.07, 6.45) is 5.57. The van der Waals surface area contributed by atoms with Gasteiger partial charge in [-0.15, -0.1) is 0 Å². The molecule has 0 aliphatic carbocycles. The molecule has 0 atom stereocenters. The monoisotopic (exact) mass is 207 g/mol. The highest BCUT2D eigenvalue weighted by molar-refractivity contribution is 4.97. The van der Waals surface area contributed by atoms with Crippen LogP contribution >= 0.6 is 0 Å². The van der Waals surface area contributed by atoms with Crippen LogP contribution < -0.4 is 0 Å². The topological polar surface area (TPSA) is 49.2 Å². The summed E-state index contributed by atoms with van der Waals surface area (Å²) in [6, 6.07) is 1.96. The van der Waals surface area contributed by atoms with Crippen LogP contribution in [0.15, 0.2) is 18.6 Å². The van der Waals surface area contributed by atoms with Gasteiger partial charge in [0.25, 0.3) is 0 Å². The SMILES string of the molecule is OCC1CCN(Cc2ccncn2)CC1. The summed E-state index contributed by atoms with van der Waals surface area (Å²) in [6.45, 7) is 3.37. The Labute approximate surface area is 90.0 Å². The fraction of sp³-hybridized carbons (Fsp3) is 0.636. The Morgan fingerprint density at radius 1 is 1.40 bits per heavy atom. The highest BCUT2D eigenvalue weighted by atomic mass is 16.3. The van der Waals surface area contributed by atoms with Gasteiger partial charge in [0.2, 0.25) is 0 Å². The molecule has 1 saturated heterocycles. The van der Waals surface area contributed by atoms with Crippen LogP contribution in [0.3, 0.4) is 0 Å². The van der Waals surface area contributed by atoms with Gasteiger partial charge < -0.3 is 5.11 Å². The lowest BCUT2D eigenvalue weighted by Gasteiger charge is -2.30. The predicted molar refractivity (Wildman–Crippen MR) is 57.1 cm³/mol. The number of aliphatic hydroxyl groups excluding tert-OH is 1. The number of hydrogen-bond acceptors (Lipinski definition) is 4. The minimum atomic E-state index is 0.335. The molecule has 1 N–H and O–H groups in total. The average molecular weight is 207 g/mol. The van der Waals surface area contributed by atoms with Gasteiger partial charge in [0.15, 0.2) is 0 Å². The van der Waals surface area contributed by atoms with E-state index in [1.165, 1.54) is 0 Å². The molecule has 1 aliphatic rings. The zero-order valence-corrected chi connectivity index (χ0v) is 8.84. The lowest BCUT2D eigenvalue weighted by molar-refractivity contribution is 0.126. The molecule has 4 nitrogen and oxygen atoms in total. The highest BCUT2D eigenvalue weighted by Gasteiger charge is 2.18. The summed E-state index contributed by atoms with van der Waals surface area (Å²) in [5.74, 6) is 0.506. The van der Waals surface area contributed by atoms with E-state index in [9.17, 15) is 0 Å². The fourth-order valence-corrected chi connectivity index (χ4v) is 1.97. The molecule has 15 heavy (non-hydrogen) atoms. The standard InChI is InChI=1S/C11H17N3O/c15-8-10-2-5-14(6-3-10)7-11-1-4-12-9-13-11/h1,4,9-10,15H,2-3,5-8H2. The van der Waals surface area contributed by atoms with Gasteiger partial charge in [0.05, 0.1) is 5.69 Å². The minimum absolute atomic E-state index is 0.335. The Balaban J connectivity index is 1.82. The third-order valence-electron chi connectivity index (χ3n) is 2.99. The van der Waals surface area contributed by atoms with Crippen LogP contribution in [0.2, 0.25) is 0 Å². The van der Waals surface area contributed by atoms with Crippen LogP contribution in [-0.4, -0.2) is 39.7 Å². The predicted octanol–water partition coefficient (Wildman–Crippen LogP) is 0.681. The first-order valence-electron chi connectivity index (χ1n) is 5.46. The first-order valence-corrected chi connectivity index (χ1v) is 5.46. The van der Waals surface area contributed by atoms with Gasteiger partial charge in [-0.3, -0.25) is 4.90 Å². The van der Waals surface area contributed by atoms with E-state index in [0.717, 1.165) is 38.2 Å².